The smallest absolute Gasteiger partial charge is 0.0397 e. The summed E-state index contributed by atoms with van der Waals surface area (Å²) in [6, 6.07) is 5.54. The number of anilines is 1. The fourth-order valence-corrected chi connectivity index (χ4v) is 3.04. The molecule has 0 spiro atoms. The van der Waals surface area contributed by atoms with Crippen LogP contribution < -0.4 is 10.2 Å². The first kappa shape index (κ1) is 14.3. The summed E-state index contributed by atoms with van der Waals surface area (Å²) in [6.07, 6.45) is 7.51. The molecule has 1 aromatic rings. The average Bonchev–Trinajstić information content (AvgIpc) is 2.39. The van der Waals surface area contributed by atoms with E-state index in [1.165, 1.54) is 24.9 Å². The Hall–Kier alpha value is -1.09. The fraction of sp³-hybridized carbons (Fsp3) is 0.688. The lowest BCUT2D eigenvalue weighted by Crippen LogP contribution is -2.45. The lowest BCUT2D eigenvalue weighted by molar-refractivity contribution is 0.346. The van der Waals surface area contributed by atoms with E-state index in [1.807, 2.05) is 12.4 Å². The number of nitrogens with zero attached hydrogens (tertiary/aromatic N) is 2. The molecule has 1 aromatic heterocycles. The van der Waals surface area contributed by atoms with Crippen molar-refractivity contribution in [1.29, 1.82) is 0 Å². The van der Waals surface area contributed by atoms with Crippen molar-refractivity contribution < 1.29 is 0 Å². The average molecular weight is 261 g/mol. The number of pyridine rings is 1. The quantitative estimate of drug-likeness (QED) is 0.883. The van der Waals surface area contributed by atoms with Gasteiger partial charge in [0.05, 0.1) is 0 Å². The summed E-state index contributed by atoms with van der Waals surface area (Å²) in [5.41, 5.74) is 1.31. The van der Waals surface area contributed by atoms with Gasteiger partial charge in [-0.1, -0.05) is 13.8 Å². The van der Waals surface area contributed by atoms with Crippen LogP contribution >= 0.6 is 0 Å². The van der Waals surface area contributed by atoms with E-state index >= 15 is 0 Å². The van der Waals surface area contributed by atoms with Crippen molar-refractivity contribution in [2.24, 2.45) is 5.92 Å². The highest BCUT2D eigenvalue weighted by Gasteiger charge is 2.20. The molecule has 1 aliphatic rings. The van der Waals surface area contributed by atoms with E-state index in [-0.39, 0.29) is 0 Å². The second-order valence-corrected chi connectivity index (χ2v) is 6.16. The zero-order valence-corrected chi connectivity index (χ0v) is 12.5. The van der Waals surface area contributed by atoms with Gasteiger partial charge in [-0.25, -0.2) is 0 Å². The summed E-state index contributed by atoms with van der Waals surface area (Å²) >= 11 is 0. The lowest BCUT2D eigenvalue weighted by atomic mass is 10.00. The van der Waals surface area contributed by atoms with E-state index < -0.39 is 0 Å². The highest BCUT2D eigenvalue weighted by molar-refractivity contribution is 5.44. The standard InChI is InChI=1S/C16H27N3/c1-13(2)12-14(3)18-15-6-10-19(11-7-15)16-4-8-17-9-5-16/h4-5,8-9,13-15,18H,6-7,10-12H2,1-3H3. The number of rotatable bonds is 5. The molecule has 19 heavy (non-hydrogen) atoms. The Bertz CT molecular complexity index is 356. The first-order valence-corrected chi connectivity index (χ1v) is 7.56. The SMILES string of the molecule is CC(C)CC(C)NC1CCN(c2ccncc2)CC1. The minimum Gasteiger partial charge on any atom is -0.371 e. The largest absolute Gasteiger partial charge is 0.371 e. The molecule has 1 fully saturated rings. The molecule has 3 heteroatoms. The Morgan fingerprint density at radius 3 is 2.42 bits per heavy atom. The molecule has 2 rings (SSSR count). The molecule has 0 saturated carbocycles. The summed E-state index contributed by atoms with van der Waals surface area (Å²) < 4.78 is 0. The van der Waals surface area contributed by atoms with Gasteiger partial charge in [-0.2, -0.15) is 0 Å². The van der Waals surface area contributed by atoms with Gasteiger partial charge in [-0.3, -0.25) is 4.98 Å². The Kier molecular flexibility index (Phi) is 5.20. The number of piperidine rings is 1. The lowest BCUT2D eigenvalue weighted by Gasteiger charge is -2.35. The summed E-state index contributed by atoms with van der Waals surface area (Å²) in [4.78, 5) is 6.55. The molecule has 1 N–H and O–H groups in total. The van der Waals surface area contributed by atoms with Crippen LogP contribution in [0.2, 0.25) is 0 Å². The molecule has 3 nitrogen and oxygen atoms in total. The van der Waals surface area contributed by atoms with Gasteiger partial charge in [0, 0.05) is 43.3 Å². The number of aromatic nitrogens is 1. The minimum absolute atomic E-state index is 0.637. The van der Waals surface area contributed by atoms with Gasteiger partial charge < -0.3 is 10.2 Å². The molecular formula is C16H27N3. The van der Waals surface area contributed by atoms with E-state index in [0.717, 1.165) is 19.0 Å². The maximum atomic E-state index is 4.08. The Morgan fingerprint density at radius 2 is 1.84 bits per heavy atom. The Balaban J connectivity index is 1.76. The highest BCUT2D eigenvalue weighted by atomic mass is 15.1. The van der Waals surface area contributed by atoms with Crippen LogP contribution in [0.5, 0.6) is 0 Å². The van der Waals surface area contributed by atoms with Gasteiger partial charge >= 0.3 is 0 Å². The maximum Gasteiger partial charge on any atom is 0.0397 e. The van der Waals surface area contributed by atoms with E-state index in [2.05, 4.69) is 48.1 Å². The van der Waals surface area contributed by atoms with Gasteiger partial charge in [0.1, 0.15) is 0 Å². The van der Waals surface area contributed by atoms with Crippen LogP contribution in [-0.2, 0) is 0 Å². The summed E-state index contributed by atoms with van der Waals surface area (Å²) in [5.74, 6) is 0.777. The molecule has 1 unspecified atom stereocenters. The van der Waals surface area contributed by atoms with Crippen molar-refractivity contribution >= 4 is 5.69 Å². The van der Waals surface area contributed by atoms with Crippen molar-refractivity contribution in [3.8, 4) is 0 Å². The van der Waals surface area contributed by atoms with Crippen molar-refractivity contribution in [2.45, 2.75) is 52.1 Å². The molecule has 2 heterocycles. The second kappa shape index (κ2) is 6.90. The van der Waals surface area contributed by atoms with E-state index in [0.29, 0.717) is 12.1 Å². The van der Waals surface area contributed by atoms with Crippen molar-refractivity contribution in [3.63, 3.8) is 0 Å². The first-order valence-electron chi connectivity index (χ1n) is 7.56. The molecule has 0 radical (unpaired) electrons. The van der Waals surface area contributed by atoms with Crippen LogP contribution in [0.25, 0.3) is 0 Å². The summed E-state index contributed by atoms with van der Waals surface area (Å²) in [5, 5.41) is 3.78. The second-order valence-electron chi connectivity index (χ2n) is 6.16. The van der Waals surface area contributed by atoms with Gasteiger partial charge in [-0.05, 0) is 44.2 Å². The van der Waals surface area contributed by atoms with Crippen LogP contribution in [0.4, 0.5) is 5.69 Å². The zero-order valence-electron chi connectivity index (χ0n) is 12.5. The molecule has 1 saturated heterocycles. The van der Waals surface area contributed by atoms with Gasteiger partial charge in [0.15, 0.2) is 0 Å². The third-order valence-corrected chi connectivity index (χ3v) is 3.87. The molecule has 1 atom stereocenters. The Morgan fingerprint density at radius 1 is 1.21 bits per heavy atom. The molecule has 0 bridgehead atoms. The molecule has 106 valence electrons. The highest BCUT2D eigenvalue weighted by Crippen LogP contribution is 2.19. The third-order valence-electron chi connectivity index (χ3n) is 3.87. The maximum absolute atomic E-state index is 4.08. The van der Waals surface area contributed by atoms with E-state index in [1.54, 1.807) is 0 Å². The monoisotopic (exact) mass is 261 g/mol. The summed E-state index contributed by atoms with van der Waals surface area (Å²) in [6.45, 7) is 9.20. The van der Waals surface area contributed by atoms with Crippen LogP contribution in [0, 0.1) is 5.92 Å². The normalized spacial score (nSPS) is 18.8. The van der Waals surface area contributed by atoms with Crippen LogP contribution in [0.3, 0.4) is 0 Å². The van der Waals surface area contributed by atoms with Crippen LogP contribution in [0.1, 0.15) is 40.0 Å². The molecular weight excluding hydrogens is 234 g/mol. The molecule has 0 aliphatic carbocycles. The topological polar surface area (TPSA) is 28.2 Å². The van der Waals surface area contributed by atoms with Crippen LogP contribution in [0.15, 0.2) is 24.5 Å². The third kappa shape index (κ3) is 4.50. The van der Waals surface area contributed by atoms with Crippen molar-refractivity contribution in [1.82, 2.24) is 10.3 Å². The van der Waals surface area contributed by atoms with E-state index in [9.17, 15) is 0 Å². The fourth-order valence-electron chi connectivity index (χ4n) is 3.04. The Labute approximate surface area is 117 Å². The van der Waals surface area contributed by atoms with Gasteiger partial charge in [0.25, 0.3) is 0 Å². The number of hydrogen-bond donors (Lipinski definition) is 1. The van der Waals surface area contributed by atoms with Crippen molar-refractivity contribution in [2.75, 3.05) is 18.0 Å². The van der Waals surface area contributed by atoms with Crippen molar-refractivity contribution in [3.05, 3.63) is 24.5 Å². The number of hydrogen-bond acceptors (Lipinski definition) is 3. The van der Waals surface area contributed by atoms with E-state index in [4.69, 9.17) is 0 Å². The van der Waals surface area contributed by atoms with Gasteiger partial charge in [-0.15, -0.1) is 0 Å². The number of nitrogens with one attached hydrogen (secondary N) is 1. The molecule has 0 aromatic carbocycles. The predicted molar refractivity (Wildman–Crippen MR) is 81.5 cm³/mol. The van der Waals surface area contributed by atoms with Gasteiger partial charge in [0.2, 0.25) is 0 Å². The molecule has 0 amide bonds. The predicted octanol–water partition coefficient (Wildman–Crippen LogP) is 3.07. The minimum atomic E-state index is 0.637. The molecule has 1 aliphatic heterocycles. The summed E-state index contributed by atoms with van der Waals surface area (Å²) in [7, 11) is 0. The first-order chi connectivity index (χ1) is 9.15. The zero-order chi connectivity index (χ0) is 13.7. The van der Waals surface area contributed by atoms with Crippen LogP contribution in [-0.4, -0.2) is 30.2 Å².